The topological polar surface area (TPSA) is 59.9 Å². The Hall–Kier alpha value is -2.34. The SMILES string of the molecule is CCOc1ccc(/C=N/NC(=O)COc2ccc(C(C)(C)C)cc2Br)cc1. The molecule has 2 rings (SSSR count). The van der Waals surface area contributed by atoms with Crippen molar-refractivity contribution in [3.8, 4) is 11.5 Å². The number of halogens is 1. The van der Waals surface area contributed by atoms with Crippen molar-refractivity contribution < 1.29 is 14.3 Å². The standard InChI is InChI=1S/C21H25BrN2O3/c1-5-26-17-9-6-15(7-10-17)13-23-24-20(25)14-27-19-11-8-16(12-18(19)22)21(2,3)4/h6-13H,5,14H2,1-4H3,(H,24,25)/b23-13+. The smallest absolute Gasteiger partial charge is 0.277 e. The van der Waals surface area contributed by atoms with Gasteiger partial charge < -0.3 is 9.47 Å². The summed E-state index contributed by atoms with van der Waals surface area (Å²) in [5, 5.41) is 3.94. The summed E-state index contributed by atoms with van der Waals surface area (Å²) in [6.07, 6.45) is 1.57. The molecular formula is C21H25BrN2O3. The lowest BCUT2D eigenvalue weighted by atomic mass is 9.87. The summed E-state index contributed by atoms with van der Waals surface area (Å²) in [7, 11) is 0. The van der Waals surface area contributed by atoms with Gasteiger partial charge in [0.2, 0.25) is 0 Å². The number of benzene rings is 2. The molecule has 0 atom stereocenters. The van der Waals surface area contributed by atoms with Crippen LogP contribution in [-0.4, -0.2) is 25.3 Å². The number of amides is 1. The Labute approximate surface area is 168 Å². The van der Waals surface area contributed by atoms with E-state index < -0.39 is 0 Å². The van der Waals surface area contributed by atoms with Crippen LogP contribution in [0.25, 0.3) is 0 Å². The summed E-state index contributed by atoms with van der Waals surface area (Å²) < 4.78 is 11.8. The van der Waals surface area contributed by atoms with Crippen molar-refractivity contribution in [1.82, 2.24) is 5.43 Å². The maximum absolute atomic E-state index is 11.9. The van der Waals surface area contributed by atoms with E-state index in [9.17, 15) is 4.79 Å². The first kappa shape index (κ1) is 21.0. The van der Waals surface area contributed by atoms with Crippen LogP contribution < -0.4 is 14.9 Å². The lowest BCUT2D eigenvalue weighted by Gasteiger charge is -2.20. The Morgan fingerprint density at radius 3 is 2.44 bits per heavy atom. The second-order valence-electron chi connectivity index (χ2n) is 6.98. The van der Waals surface area contributed by atoms with Gasteiger partial charge >= 0.3 is 0 Å². The van der Waals surface area contributed by atoms with E-state index in [0.29, 0.717) is 12.4 Å². The monoisotopic (exact) mass is 432 g/mol. The number of nitrogens with one attached hydrogen (secondary N) is 1. The number of hydrogen-bond acceptors (Lipinski definition) is 4. The maximum Gasteiger partial charge on any atom is 0.277 e. The van der Waals surface area contributed by atoms with Crippen LogP contribution in [0.3, 0.4) is 0 Å². The van der Waals surface area contributed by atoms with E-state index in [0.717, 1.165) is 15.8 Å². The van der Waals surface area contributed by atoms with Gasteiger partial charge in [-0.1, -0.05) is 26.8 Å². The number of carbonyl (C=O) groups excluding carboxylic acids is 1. The highest BCUT2D eigenvalue weighted by Gasteiger charge is 2.15. The van der Waals surface area contributed by atoms with E-state index in [4.69, 9.17) is 9.47 Å². The predicted octanol–water partition coefficient (Wildman–Crippen LogP) is 4.67. The fraction of sp³-hybridized carbons (Fsp3) is 0.333. The van der Waals surface area contributed by atoms with Crippen LogP contribution >= 0.6 is 15.9 Å². The normalized spacial score (nSPS) is 11.4. The first-order valence-corrected chi connectivity index (χ1v) is 9.56. The van der Waals surface area contributed by atoms with Gasteiger partial charge in [-0.3, -0.25) is 4.79 Å². The highest BCUT2D eigenvalue weighted by Crippen LogP contribution is 2.31. The summed E-state index contributed by atoms with van der Waals surface area (Å²) in [5.74, 6) is 1.09. The zero-order chi connectivity index (χ0) is 19.9. The molecule has 0 saturated carbocycles. The molecule has 2 aromatic rings. The van der Waals surface area contributed by atoms with Gasteiger partial charge in [-0.15, -0.1) is 0 Å². The molecule has 2 aromatic carbocycles. The number of hydrogen-bond donors (Lipinski definition) is 1. The molecular weight excluding hydrogens is 408 g/mol. The number of carbonyl (C=O) groups is 1. The fourth-order valence-electron chi connectivity index (χ4n) is 2.26. The Balaban J connectivity index is 1.84. The highest BCUT2D eigenvalue weighted by atomic mass is 79.9. The molecule has 1 N–H and O–H groups in total. The molecule has 0 aliphatic rings. The molecule has 0 saturated heterocycles. The van der Waals surface area contributed by atoms with Crippen molar-refractivity contribution in [2.24, 2.45) is 5.10 Å². The predicted molar refractivity (Wildman–Crippen MR) is 112 cm³/mol. The molecule has 0 fully saturated rings. The summed E-state index contributed by atoms with van der Waals surface area (Å²) in [5.41, 5.74) is 4.55. The van der Waals surface area contributed by atoms with E-state index in [1.165, 1.54) is 5.56 Å². The van der Waals surface area contributed by atoms with Gasteiger partial charge in [-0.25, -0.2) is 5.43 Å². The van der Waals surface area contributed by atoms with Gasteiger partial charge in [0, 0.05) is 0 Å². The molecule has 0 spiro atoms. The molecule has 27 heavy (non-hydrogen) atoms. The highest BCUT2D eigenvalue weighted by molar-refractivity contribution is 9.10. The van der Waals surface area contributed by atoms with Crippen molar-refractivity contribution in [3.63, 3.8) is 0 Å². The lowest BCUT2D eigenvalue weighted by molar-refractivity contribution is -0.123. The summed E-state index contributed by atoms with van der Waals surface area (Å²) in [6, 6.07) is 13.3. The van der Waals surface area contributed by atoms with Crippen molar-refractivity contribution in [1.29, 1.82) is 0 Å². The third-order valence-electron chi connectivity index (χ3n) is 3.75. The van der Waals surface area contributed by atoms with Gasteiger partial charge in [0.15, 0.2) is 6.61 Å². The van der Waals surface area contributed by atoms with Crippen LogP contribution in [-0.2, 0) is 10.2 Å². The Morgan fingerprint density at radius 1 is 1.15 bits per heavy atom. The Bertz CT molecular complexity index is 796. The van der Waals surface area contributed by atoms with Crippen molar-refractivity contribution in [2.45, 2.75) is 33.1 Å². The molecule has 0 bridgehead atoms. The first-order valence-electron chi connectivity index (χ1n) is 8.77. The molecule has 0 aliphatic heterocycles. The second-order valence-corrected chi connectivity index (χ2v) is 7.83. The largest absolute Gasteiger partial charge is 0.494 e. The molecule has 1 amide bonds. The van der Waals surface area contributed by atoms with E-state index >= 15 is 0 Å². The van der Waals surface area contributed by atoms with Crippen molar-refractivity contribution >= 4 is 28.1 Å². The molecule has 6 heteroatoms. The molecule has 0 aromatic heterocycles. The van der Waals surface area contributed by atoms with Crippen molar-refractivity contribution in [3.05, 3.63) is 58.1 Å². The molecule has 0 radical (unpaired) electrons. The molecule has 0 heterocycles. The number of rotatable bonds is 7. The fourth-order valence-corrected chi connectivity index (χ4v) is 2.75. The van der Waals surface area contributed by atoms with E-state index in [-0.39, 0.29) is 17.9 Å². The van der Waals surface area contributed by atoms with Gasteiger partial charge in [-0.2, -0.15) is 5.10 Å². The van der Waals surface area contributed by atoms with Crippen LogP contribution in [0.1, 0.15) is 38.8 Å². The summed E-state index contributed by atoms with van der Waals surface area (Å²) in [4.78, 5) is 11.9. The molecule has 144 valence electrons. The van der Waals surface area contributed by atoms with Gasteiger partial charge in [0.25, 0.3) is 5.91 Å². The van der Waals surface area contributed by atoms with Gasteiger partial charge in [0.05, 0.1) is 17.3 Å². The van der Waals surface area contributed by atoms with Crippen LogP contribution in [0.15, 0.2) is 52.0 Å². The molecule has 5 nitrogen and oxygen atoms in total. The minimum Gasteiger partial charge on any atom is -0.494 e. The van der Waals surface area contributed by atoms with Crippen LogP contribution in [0.4, 0.5) is 0 Å². The quantitative estimate of drug-likeness (QED) is 0.510. The zero-order valence-corrected chi connectivity index (χ0v) is 17.7. The van der Waals surface area contributed by atoms with Crippen LogP contribution in [0, 0.1) is 0 Å². The minimum absolute atomic E-state index is 0.0496. The lowest BCUT2D eigenvalue weighted by Crippen LogP contribution is -2.24. The van der Waals surface area contributed by atoms with Crippen LogP contribution in [0.5, 0.6) is 11.5 Å². The molecule has 0 unspecified atom stereocenters. The summed E-state index contributed by atoms with van der Waals surface area (Å²) >= 11 is 3.49. The maximum atomic E-state index is 11.9. The van der Waals surface area contributed by atoms with Crippen molar-refractivity contribution in [2.75, 3.05) is 13.2 Å². The van der Waals surface area contributed by atoms with E-state index in [1.54, 1.807) is 6.21 Å². The third-order valence-corrected chi connectivity index (χ3v) is 4.37. The Morgan fingerprint density at radius 2 is 1.85 bits per heavy atom. The van der Waals surface area contributed by atoms with E-state index in [1.807, 2.05) is 49.4 Å². The average Bonchev–Trinajstić information content (AvgIpc) is 2.61. The average molecular weight is 433 g/mol. The zero-order valence-electron chi connectivity index (χ0n) is 16.1. The van der Waals surface area contributed by atoms with E-state index in [2.05, 4.69) is 47.2 Å². The first-order chi connectivity index (χ1) is 12.8. The van der Waals surface area contributed by atoms with Gasteiger partial charge in [-0.05, 0) is 75.8 Å². The Kier molecular flexibility index (Phi) is 7.42. The number of nitrogens with zero attached hydrogens (tertiary/aromatic N) is 1. The minimum atomic E-state index is -0.330. The third kappa shape index (κ3) is 6.71. The number of hydrazone groups is 1. The van der Waals surface area contributed by atoms with Crippen LogP contribution in [0.2, 0.25) is 0 Å². The van der Waals surface area contributed by atoms with Gasteiger partial charge in [0.1, 0.15) is 11.5 Å². The summed E-state index contributed by atoms with van der Waals surface area (Å²) in [6.45, 7) is 8.87. The number of ether oxygens (including phenoxy) is 2. The second kappa shape index (κ2) is 9.55. The molecule has 0 aliphatic carbocycles.